The molecular weight excluding hydrogens is 562 g/mol. The quantitative estimate of drug-likeness (QED) is 0.186. The summed E-state index contributed by atoms with van der Waals surface area (Å²) in [4.78, 5) is 57.3. The Morgan fingerprint density at radius 1 is 0.907 bits per heavy atom. The number of Topliss-reactive ketones (excluding diaryl/α,β-unsaturated/α-hetero) is 1. The Kier molecular flexibility index (Phi) is 7.50. The minimum atomic E-state index is -1.42. The van der Waals surface area contributed by atoms with Crippen molar-refractivity contribution in [3.05, 3.63) is 119 Å². The third kappa shape index (κ3) is 4.59. The molecule has 3 aromatic carbocycles. The smallest absolute Gasteiger partial charge is 0.334 e. The van der Waals surface area contributed by atoms with Crippen LogP contribution in [0.15, 0.2) is 103 Å². The van der Waals surface area contributed by atoms with Crippen molar-refractivity contribution >= 4 is 35.4 Å². The zero-order chi connectivity index (χ0) is 30.4. The van der Waals surface area contributed by atoms with Crippen molar-refractivity contribution in [2.24, 2.45) is 11.3 Å². The van der Waals surface area contributed by atoms with Gasteiger partial charge in [-0.15, -0.1) is 11.8 Å². The molecule has 2 fully saturated rings. The van der Waals surface area contributed by atoms with Gasteiger partial charge >= 0.3 is 11.9 Å². The summed E-state index contributed by atoms with van der Waals surface area (Å²) >= 11 is 1.43. The molecule has 43 heavy (non-hydrogen) atoms. The molecule has 4 atom stereocenters. The first kappa shape index (κ1) is 28.9. The van der Waals surface area contributed by atoms with Gasteiger partial charge in [0, 0.05) is 16.2 Å². The van der Waals surface area contributed by atoms with E-state index in [-0.39, 0.29) is 24.4 Å². The third-order valence-corrected chi connectivity index (χ3v) is 10.3. The van der Waals surface area contributed by atoms with Crippen LogP contribution in [-0.2, 0) is 23.9 Å². The van der Waals surface area contributed by atoms with E-state index in [0.717, 1.165) is 11.1 Å². The molecule has 6 rings (SSSR count). The van der Waals surface area contributed by atoms with E-state index >= 15 is 0 Å². The van der Waals surface area contributed by atoms with Crippen LogP contribution in [0.2, 0.25) is 0 Å². The molecule has 220 valence electrons. The number of ketones is 1. The Hall–Kier alpha value is -4.17. The summed E-state index contributed by atoms with van der Waals surface area (Å²) in [5, 5.41) is -0.615. The number of thioether (sulfide) groups is 1. The van der Waals surface area contributed by atoms with Gasteiger partial charge in [0.05, 0.1) is 17.6 Å². The minimum absolute atomic E-state index is 0.139. The Morgan fingerprint density at radius 2 is 1.47 bits per heavy atom. The topological polar surface area (TPSA) is 90.0 Å². The van der Waals surface area contributed by atoms with Crippen LogP contribution >= 0.6 is 11.8 Å². The summed E-state index contributed by atoms with van der Waals surface area (Å²) in [7, 11) is 0. The first-order chi connectivity index (χ1) is 20.7. The zero-order valence-electron chi connectivity index (χ0n) is 24.3. The number of amides is 1. The summed E-state index contributed by atoms with van der Waals surface area (Å²) in [5.74, 6) is -2.55. The van der Waals surface area contributed by atoms with Crippen LogP contribution in [-0.4, -0.2) is 51.3 Å². The molecule has 8 heteroatoms. The molecule has 2 aliphatic heterocycles. The summed E-state index contributed by atoms with van der Waals surface area (Å²) in [5.41, 5.74) is 0.881. The van der Waals surface area contributed by atoms with Crippen molar-refractivity contribution in [2.45, 2.75) is 49.5 Å². The molecule has 1 spiro atoms. The molecule has 2 unspecified atom stereocenters. The number of β-lactam (4-membered cyclic amide) rings is 1. The molecular formula is C35H33NO6S. The van der Waals surface area contributed by atoms with E-state index in [4.69, 9.17) is 9.47 Å². The highest BCUT2D eigenvalue weighted by Gasteiger charge is 2.77. The molecule has 7 nitrogen and oxygen atoms in total. The number of hydrogen-bond acceptors (Lipinski definition) is 7. The Balaban J connectivity index is 1.36. The maximum atomic E-state index is 14.5. The highest BCUT2D eigenvalue weighted by atomic mass is 32.2. The predicted octanol–water partition coefficient (Wildman–Crippen LogP) is 5.76. The SMILES string of the molecule is CCOC(=O)C1=CCC(C(=O)c2ccccc2)C12C(=O)N1[C@@H](C(=O)OC(c3ccccc3)c3ccccc3)C(C)(C)S[C@@H]12. The van der Waals surface area contributed by atoms with E-state index in [0.29, 0.717) is 5.56 Å². The van der Waals surface area contributed by atoms with E-state index < -0.39 is 51.4 Å². The van der Waals surface area contributed by atoms with E-state index in [1.165, 1.54) is 16.7 Å². The van der Waals surface area contributed by atoms with Gasteiger partial charge in [-0.2, -0.15) is 0 Å². The number of fused-ring (bicyclic) bond motifs is 2. The van der Waals surface area contributed by atoms with Crippen LogP contribution in [0.25, 0.3) is 0 Å². The molecule has 0 saturated carbocycles. The number of allylic oxidation sites excluding steroid dienone is 1. The van der Waals surface area contributed by atoms with Crippen molar-refractivity contribution in [1.82, 2.24) is 4.90 Å². The fourth-order valence-electron chi connectivity index (χ4n) is 6.76. The number of ether oxygens (including phenoxy) is 2. The van der Waals surface area contributed by atoms with Crippen molar-refractivity contribution in [3.63, 3.8) is 0 Å². The van der Waals surface area contributed by atoms with Gasteiger partial charge in [-0.25, -0.2) is 9.59 Å². The van der Waals surface area contributed by atoms with Crippen LogP contribution in [0, 0.1) is 11.3 Å². The second kappa shape index (κ2) is 11.2. The number of hydrogen-bond donors (Lipinski definition) is 0. The molecule has 1 aliphatic carbocycles. The summed E-state index contributed by atoms with van der Waals surface area (Å²) < 4.78 is 10.8. The molecule has 3 aromatic rings. The monoisotopic (exact) mass is 595 g/mol. The summed E-state index contributed by atoms with van der Waals surface area (Å²) in [6, 6.07) is 26.9. The van der Waals surface area contributed by atoms with E-state index in [2.05, 4.69) is 0 Å². The molecule has 1 amide bonds. The van der Waals surface area contributed by atoms with Crippen LogP contribution in [0.4, 0.5) is 0 Å². The molecule has 3 aliphatic rings. The lowest BCUT2D eigenvalue weighted by Gasteiger charge is -2.54. The molecule has 0 radical (unpaired) electrons. The Morgan fingerprint density at radius 3 is 2.02 bits per heavy atom. The highest BCUT2D eigenvalue weighted by molar-refractivity contribution is 8.01. The Labute approximate surface area is 255 Å². The van der Waals surface area contributed by atoms with Crippen LogP contribution in [0.3, 0.4) is 0 Å². The van der Waals surface area contributed by atoms with Gasteiger partial charge in [0.15, 0.2) is 11.9 Å². The lowest BCUT2D eigenvalue weighted by molar-refractivity contribution is -0.178. The van der Waals surface area contributed by atoms with Crippen LogP contribution in [0.1, 0.15) is 54.8 Å². The average Bonchev–Trinajstić information content (AvgIpc) is 3.56. The van der Waals surface area contributed by atoms with Crippen molar-refractivity contribution < 1.29 is 28.7 Å². The lowest BCUT2D eigenvalue weighted by Crippen LogP contribution is -2.72. The highest BCUT2D eigenvalue weighted by Crippen LogP contribution is 2.67. The first-order valence-electron chi connectivity index (χ1n) is 14.5. The normalized spacial score (nSPS) is 25.2. The largest absolute Gasteiger partial charge is 0.463 e. The minimum Gasteiger partial charge on any atom is -0.463 e. The summed E-state index contributed by atoms with van der Waals surface area (Å²) in [6.07, 6.45) is 1.24. The first-order valence-corrected chi connectivity index (χ1v) is 15.4. The van der Waals surface area contributed by atoms with E-state index in [9.17, 15) is 19.2 Å². The van der Waals surface area contributed by atoms with Gasteiger partial charge in [-0.1, -0.05) is 97.1 Å². The van der Waals surface area contributed by atoms with Crippen molar-refractivity contribution in [2.75, 3.05) is 6.61 Å². The number of rotatable bonds is 8. The number of nitrogens with zero attached hydrogens (tertiary/aromatic N) is 1. The number of esters is 2. The Bertz CT molecular complexity index is 1550. The molecule has 0 bridgehead atoms. The van der Waals surface area contributed by atoms with Crippen LogP contribution < -0.4 is 0 Å². The fourth-order valence-corrected chi connectivity index (χ4v) is 8.58. The van der Waals surface area contributed by atoms with Crippen molar-refractivity contribution in [1.29, 1.82) is 0 Å². The van der Waals surface area contributed by atoms with Gasteiger partial charge in [-0.3, -0.25) is 9.59 Å². The lowest BCUT2D eigenvalue weighted by atomic mass is 9.63. The van der Waals surface area contributed by atoms with Crippen LogP contribution in [0.5, 0.6) is 0 Å². The van der Waals surface area contributed by atoms with Gasteiger partial charge in [-0.05, 0) is 38.3 Å². The van der Waals surface area contributed by atoms with Gasteiger partial charge < -0.3 is 14.4 Å². The predicted molar refractivity (Wildman–Crippen MR) is 163 cm³/mol. The standard InChI is InChI=1S/C35H33NO6S/c1-4-41-30(38)26-21-20-25(27(37)22-14-8-5-9-15-22)35(26)32(40)36-29(34(2,3)43-33(35)36)31(39)42-28(23-16-10-6-11-17-23)24-18-12-7-13-19-24/h5-19,21,25,28-29,33H,4,20H2,1-3H3/t25?,29-,33+,35?/m0/s1. The number of carbonyl (C=O) groups excluding carboxylic acids is 4. The molecule has 0 aromatic heterocycles. The van der Waals surface area contributed by atoms with Gasteiger partial charge in [0.2, 0.25) is 5.91 Å². The van der Waals surface area contributed by atoms with E-state index in [1.807, 2.05) is 80.6 Å². The second-order valence-corrected chi connectivity index (χ2v) is 13.3. The maximum Gasteiger partial charge on any atom is 0.334 e. The van der Waals surface area contributed by atoms with E-state index in [1.54, 1.807) is 37.3 Å². The third-order valence-electron chi connectivity index (χ3n) is 8.67. The number of carbonyl (C=O) groups is 4. The van der Waals surface area contributed by atoms with Crippen molar-refractivity contribution in [3.8, 4) is 0 Å². The molecule has 2 heterocycles. The van der Waals surface area contributed by atoms with Gasteiger partial charge in [0.25, 0.3) is 0 Å². The zero-order valence-corrected chi connectivity index (χ0v) is 25.1. The molecule has 0 N–H and O–H groups in total. The second-order valence-electron chi connectivity index (χ2n) is 11.6. The molecule has 2 saturated heterocycles. The maximum absolute atomic E-state index is 14.5. The number of benzene rings is 3. The summed E-state index contributed by atoms with van der Waals surface area (Å²) in [6.45, 7) is 5.65. The van der Waals surface area contributed by atoms with Gasteiger partial charge in [0.1, 0.15) is 11.5 Å². The average molecular weight is 596 g/mol. The fraction of sp³-hybridized carbons (Fsp3) is 0.314.